The Morgan fingerprint density at radius 1 is 1.16 bits per heavy atom. The molecule has 1 aliphatic rings. The van der Waals surface area contributed by atoms with E-state index in [1.54, 1.807) is 13.0 Å². The Morgan fingerprint density at radius 2 is 1.84 bits per heavy atom. The second kappa shape index (κ2) is 11.1. The summed E-state index contributed by atoms with van der Waals surface area (Å²) in [6, 6.07) is 11.4. The minimum Gasteiger partial charge on any atom is -0.352 e. The van der Waals surface area contributed by atoms with Gasteiger partial charge in [0, 0.05) is 27.6 Å². The smallest absolute Gasteiger partial charge is 0.242 e. The van der Waals surface area contributed by atoms with Gasteiger partial charge in [0.25, 0.3) is 0 Å². The van der Waals surface area contributed by atoms with Gasteiger partial charge < -0.3 is 10.2 Å². The van der Waals surface area contributed by atoms with Crippen LogP contribution in [0.4, 0.5) is 4.39 Å². The van der Waals surface area contributed by atoms with E-state index in [1.807, 2.05) is 24.3 Å². The Morgan fingerprint density at radius 3 is 2.48 bits per heavy atom. The number of halogens is 3. The molecule has 1 aliphatic carbocycles. The molecule has 2 aromatic rings. The van der Waals surface area contributed by atoms with Gasteiger partial charge >= 0.3 is 0 Å². The zero-order valence-electron chi connectivity index (χ0n) is 17.5. The monoisotopic (exact) mass is 508 g/mol. The molecule has 166 valence electrons. The molecule has 2 amide bonds. The molecule has 4 nitrogen and oxygen atoms in total. The first-order valence-electron chi connectivity index (χ1n) is 10.6. The van der Waals surface area contributed by atoms with Crippen molar-refractivity contribution in [2.75, 3.05) is 0 Å². The Kier molecular flexibility index (Phi) is 8.50. The molecule has 1 atom stereocenters. The van der Waals surface area contributed by atoms with Crippen LogP contribution in [-0.2, 0) is 22.6 Å². The quantitative estimate of drug-likeness (QED) is 0.524. The summed E-state index contributed by atoms with van der Waals surface area (Å²) < 4.78 is 15.2. The number of benzene rings is 2. The molecular formula is C24H27BrClFN2O2. The van der Waals surface area contributed by atoms with Crippen molar-refractivity contribution >= 4 is 39.3 Å². The van der Waals surface area contributed by atoms with Crippen LogP contribution in [0.5, 0.6) is 0 Å². The largest absolute Gasteiger partial charge is 0.352 e. The molecule has 1 unspecified atom stereocenters. The highest BCUT2D eigenvalue weighted by atomic mass is 79.9. The van der Waals surface area contributed by atoms with E-state index in [4.69, 9.17) is 11.6 Å². The highest BCUT2D eigenvalue weighted by Gasteiger charge is 2.29. The first-order chi connectivity index (χ1) is 14.8. The van der Waals surface area contributed by atoms with Crippen LogP contribution in [0.25, 0.3) is 0 Å². The van der Waals surface area contributed by atoms with Gasteiger partial charge in [-0.3, -0.25) is 9.59 Å². The molecule has 7 heteroatoms. The highest BCUT2D eigenvalue weighted by molar-refractivity contribution is 9.10. The average molecular weight is 510 g/mol. The van der Waals surface area contributed by atoms with Crippen LogP contribution in [0, 0.1) is 5.82 Å². The van der Waals surface area contributed by atoms with Crippen molar-refractivity contribution < 1.29 is 14.0 Å². The molecule has 0 spiro atoms. The lowest BCUT2D eigenvalue weighted by molar-refractivity contribution is -0.140. The Labute approximate surface area is 196 Å². The van der Waals surface area contributed by atoms with Crippen molar-refractivity contribution in [2.45, 2.75) is 64.1 Å². The van der Waals surface area contributed by atoms with Gasteiger partial charge in [-0.1, -0.05) is 65.0 Å². The normalized spacial score (nSPS) is 15.4. The maximum Gasteiger partial charge on any atom is 0.242 e. The van der Waals surface area contributed by atoms with Crippen LogP contribution < -0.4 is 5.32 Å². The first kappa shape index (κ1) is 23.7. The maximum atomic E-state index is 14.3. The lowest BCUT2D eigenvalue weighted by atomic mass is 9.95. The second-order valence-electron chi connectivity index (χ2n) is 8.04. The van der Waals surface area contributed by atoms with Gasteiger partial charge in [0.05, 0.1) is 6.42 Å². The van der Waals surface area contributed by atoms with Crippen molar-refractivity contribution in [1.29, 1.82) is 0 Å². The third-order valence-electron chi connectivity index (χ3n) is 5.77. The summed E-state index contributed by atoms with van der Waals surface area (Å²) in [5.74, 6) is -1.05. The van der Waals surface area contributed by atoms with Gasteiger partial charge in [0.15, 0.2) is 0 Å². The molecule has 31 heavy (non-hydrogen) atoms. The van der Waals surface area contributed by atoms with Crippen LogP contribution in [-0.4, -0.2) is 28.8 Å². The Bertz CT molecular complexity index is 896. The average Bonchev–Trinajstić information content (AvgIpc) is 2.76. The zero-order valence-corrected chi connectivity index (χ0v) is 19.9. The van der Waals surface area contributed by atoms with E-state index in [0.29, 0.717) is 0 Å². The zero-order chi connectivity index (χ0) is 22.4. The summed E-state index contributed by atoms with van der Waals surface area (Å²) >= 11 is 9.54. The summed E-state index contributed by atoms with van der Waals surface area (Å²) in [5, 5.41) is 3.30. The van der Waals surface area contributed by atoms with Crippen molar-refractivity contribution in [3.05, 3.63) is 68.9 Å². The SMILES string of the molecule is CC(C(=O)NC1CCCCC1)N(Cc1ccc(Br)cc1)C(=O)Cc1c(F)cccc1Cl. The predicted molar refractivity (Wildman–Crippen MR) is 124 cm³/mol. The predicted octanol–water partition coefficient (Wildman–Crippen LogP) is 5.65. The summed E-state index contributed by atoms with van der Waals surface area (Å²) in [6.45, 7) is 1.97. The van der Waals surface area contributed by atoms with Gasteiger partial charge in [0.1, 0.15) is 11.9 Å². The van der Waals surface area contributed by atoms with Gasteiger partial charge in [0.2, 0.25) is 11.8 Å². The van der Waals surface area contributed by atoms with E-state index in [0.717, 1.165) is 35.7 Å². The fourth-order valence-electron chi connectivity index (χ4n) is 3.89. The van der Waals surface area contributed by atoms with E-state index in [9.17, 15) is 14.0 Å². The van der Waals surface area contributed by atoms with Crippen LogP contribution in [0.2, 0.25) is 5.02 Å². The van der Waals surface area contributed by atoms with Crippen LogP contribution >= 0.6 is 27.5 Å². The van der Waals surface area contributed by atoms with Gasteiger partial charge in [-0.05, 0) is 49.6 Å². The second-order valence-corrected chi connectivity index (χ2v) is 9.37. The lowest BCUT2D eigenvalue weighted by Gasteiger charge is -2.31. The van der Waals surface area contributed by atoms with Crippen LogP contribution in [0.3, 0.4) is 0 Å². The number of hydrogen-bond donors (Lipinski definition) is 1. The number of nitrogens with zero attached hydrogens (tertiary/aromatic N) is 1. The lowest BCUT2D eigenvalue weighted by Crippen LogP contribution is -2.50. The van der Waals surface area contributed by atoms with E-state index in [2.05, 4.69) is 21.2 Å². The molecule has 3 rings (SSSR count). The molecular weight excluding hydrogens is 483 g/mol. The fraction of sp³-hybridized carbons (Fsp3) is 0.417. The van der Waals surface area contributed by atoms with Crippen molar-refractivity contribution in [3.8, 4) is 0 Å². The van der Waals surface area contributed by atoms with Gasteiger partial charge in [-0.2, -0.15) is 0 Å². The van der Waals surface area contributed by atoms with E-state index >= 15 is 0 Å². The molecule has 0 bridgehead atoms. The van der Waals surface area contributed by atoms with E-state index in [-0.39, 0.29) is 41.4 Å². The number of nitrogens with one attached hydrogen (secondary N) is 1. The summed E-state index contributed by atoms with van der Waals surface area (Å²) in [7, 11) is 0. The molecule has 0 aliphatic heterocycles. The van der Waals surface area contributed by atoms with Gasteiger partial charge in [-0.25, -0.2) is 4.39 Å². The highest BCUT2D eigenvalue weighted by Crippen LogP contribution is 2.22. The Hall–Kier alpha value is -1.92. The van der Waals surface area contributed by atoms with Crippen LogP contribution in [0.1, 0.15) is 50.2 Å². The number of carbonyl (C=O) groups is 2. The van der Waals surface area contributed by atoms with E-state index < -0.39 is 11.9 Å². The number of amides is 2. The molecule has 1 saturated carbocycles. The maximum absolute atomic E-state index is 14.3. The van der Waals surface area contributed by atoms with Gasteiger partial charge in [-0.15, -0.1) is 0 Å². The molecule has 1 fully saturated rings. The van der Waals surface area contributed by atoms with Crippen molar-refractivity contribution in [3.63, 3.8) is 0 Å². The number of rotatable bonds is 7. The molecule has 1 N–H and O–H groups in total. The molecule has 0 heterocycles. The fourth-order valence-corrected chi connectivity index (χ4v) is 4.39. The van der Waals surface area contributed by atoms with Crippen molar-refractivity contribution in [1.82, 2.24) is 10.2 Å². The standard InChI is InChI=1S/C24H27BrClFN2O2/c1-16(24(31)28-19-6-3-2-4-7-19)29(15-17-10-12-18(25)13-11-17)23(30)14-20-21(26)8-5-9-22(20)27/h5,8-13,16,19H,2-4,6-7,14-15H2,1H3,(H,28,31). The molecule has 0 aromatic heterocycles. The number of carbonyl (C=O) groups excluding carboxylic acids is 2. The van der Waals surface area contributed by atoms with E-state index in [1.165, 1.54) is 23.5 Å². The summed E-state index contributed by atoms with van der Waals surface area (Å²) in [4.78, 5) is 27.7. The summed E-state index contributed by atoms with van der Waals surface area (Å²) in [6.07, 6.45) is 5.12. The van der Waals surface area contributed by atoms with Crippen LogP contribution in [0.15, 0.2) is 46.9 Å². The first-order valence-corrected chi connectivity index (χ1v) is 11.8. The Balaban J connectivity index is 1.79. The molecule has 2 aromatic carbocycles. The van der Waals surface area contributed by atoms with Crippen molar-refractivity contribution in [2.24, 2.45) is 0 Å². The molecule has 0 radical (unpaired) electrons. The third-order valence-corrected chi connectivity index (χ3v) is 6.66. The minimum atomic E-state index is -0.691. The summed E-state index contributed by atoms with van der Waals surface area (Å²) in [5.41, 5.74) is 1.03. The third kappa shape index (κ3) is 6.53. The topological polar surface area (TPSA) is 49.4 Å². The minimum absolute atomic E-state index is 0.148. The molecule has 0 saturated heterocycles. The number of hydrogen-bond acceptors (Lipinski definition) is 2.